The molecule has 0 aliphatic heterocycles. The number of rotatable bonds is 3. The summed E-state index contributed by atoms with van der Waals surface area (Å²) in [6.07, 6.45) is 0. The molecule has 2 aromatic carbocycles. The van der Waals surface area contributed by atoms with Crippen molar-refractivity contribution < 1.29 is 9.90 Å². The number of halogens is 1. The van der Waals surface area contributed by atoms with Crippen LogP contribution in [0.4, 0.5) is 0 Å². The van der Waals surface area contributed by atoms with Crippen LogP contribution < -0.4 is 0 Å². The van der Waals surface area contributed by atoms with Crippen LogP contribution in [-0.4, -0.2) is 5.97 Å². The fraction of sp³-hybridized carbons (Fsp3) is 0. The molecular weight excluding hydrogens is 256 g/mol. The van der Waals surface area contributed by atoms with Crippen molar-refractivity contribution in [1.29, 1.82) is 0 Å². The maximum Gasteiger partial charge on any atom is 0.386 e. The van der Waals surface area contributed by atoms with Crippen molar-refractivity contribution in [3.63, 3.8) is 0 Å². The van der Waals surface area contributed by atoms with Gasteiger partial charge in [-0.1, -0.05) is 23.4 Å². The first kappa shape index (κ1) is 12.0. The molecular formula is C13H8ClO2S. The Hall–Kier alpha value is -1.45. The average molecular weight is 264 g/mol. The summed E-state index contributed by atoms with van der Waals surface area (Å²) < 4.78 is 0. The number of hydrogen-bond acceptors (Lipinski definition) is 2. The molecule has 0 heterocycles. The van der Waals surface area contributed by atoms with Crippen molar-refractivity contribution >= 4 is 29.3 Å². The van der Waals surface area contributed by atoms with Crippen LogP contribution in [0.2, 0.25) is 5.02 Å². The summed E-state index contributed by atoms with van der Waals surface area (Å²) in [5.41, 5.74) is 0.186. The van der Waals surface area contributed by atoms with E-state index in [1.165, 1.54) is 12.1 Å². The zero-order valence-corrected chi connectivity index (χ0v) is 10.3. The summed E-state index contributed by atoms with van der Waals surface area (Å²) in [5, 5.41) is 11.3. The number of carbonyl (C=O) groups excluding carboxylic acids is 1. The van der Waals surface area contributed by atoms with Crippen LogP contribution in [0.3, 0.4) is 0 Å². The average Bonchev–Trinajstić information content (AvgIpc) is 2.33. The minimum Gasteiger partial charge on any atom is -0.242 e. The van der Waals surface area contributed by atoms with Crippen LogP contribution in [0.1, 0.15) is 10.4 Å². The SMILES string of the molecule is [O]C(=O)c1ccc(Sc2ccc(Cl)cc2)cc1. The Morgan fingerprint density at radius 1 is 0.882 bits per heavy atom. The lowest BCUT2D eigenvalue weighted by Gasteiger charge is -2.01. The zero-order valence-electron chi connectivity index (χ0n) is 8.72. The van der Waals surface area contributed by atoms with Gasteiger partial charge in [0.15, 0.2) is 0 Å². The first-order chi connectivity index (χ1) is 8.15. The molecule has 0 atom stereocenters. The Bertz CT molecular complexity index is 520. The van der Waals surface area contributed by atoms with E-state index in [2.05, 4.69) is 0 Å². The van der Waals surface area contributed by atoms with Gasteiger partial charge in [-0.2, -0.15) is 0 Å². The second kappa shape index (κ2) is 5.25. The molecule has 2 rings (SSSR count). The molecule has 0 unspecified atom stereocenters. The lowest BCUT2D eigenvalue weighted by Crippen LogP contribution is -1.92. The van der Waals surface area contributed by atoms with Gasteiger partial charge in [-0.05, 0) is 48.5 Å². The van der Waals surface area contributed by atoms with Crippen molar-refractivity contribution in [3.8, 4) is 0 Å². The predicted octanol–water partition coefficient (Wildman–Crippen LogP) is 4.06. The van der Waals surface area contributed by atoms with E-state index in [9.17, 15) is 9.90 Å². The monoisotopic (exact) mass is 263 g/mol. The quantitative estimate of drug-likeness (QED) is 0.837. The molecule has 0 aliphatic carbocycles. The van der Waals surface area contributed by atoms with Gasteiger partial charge in [-0.25, -0.2) is 9.90 Å². The van der Waals surface area contributed by atoms with E-state index in [-0.39, 0.29) is 5.56 Å². The molecule has 0 aliphatic rings. The minimum atomic E-state index is -1.16. The van der Waals surface area contributed by atoms with Crippen LogP contribution in [0, 0.1) is 0 Å². The molecule has 0 aromatic heterocycles. The van der Waals surface area contributed by atoms with Crippen LogP contribution in [0.5, 0.6) is 0 Å². The highest BCUT2D eigenvalue weighted by molar-refractivity contribution is 7.99. The second-order valence-corrected chi connectivity index (χ2v) is 4.95. The molecule has 85 valence electrons. The fourth-order valence-corrected chi connectivity index (χ4v) is 2.24. The van der Waals surface area contributed by atoms with Crippen molar-refractivity contribution in [2.24, 2.45) is 0 Å². The minimum absolute atomic E-state index is 0.186. The summed E-state index contributed by atoms with van der Waals surface area (Å²) in [4.78, 5) is 12.6. The lowest BCUT2D eigenvalue weighted by molar-refractivity contribution is 0.0573. The Morgan fingerprint density at radius 2 is 1.35 bits per heavy atom. The molecule has 17 heavy (non-hydrogen) atoms. The summed E-state index contributed by atoms with van der Waals surface area (Å²) in [7, 11) is 0. The maximum absolute atomic E-state index is 10.6. The van der Waals surface area contributed by atoms with Gasteiger partial charge in [0.25, 0.3) is 0 Å². The van der Waals surface area contributed by atoms with Gasteiger partial charge in [0.2, 0.25) is 0 Å². The molecule has 0 saturated carbocycles. The second-order valence-electron chi connectivity index (χ2n) is 3.37. The highest BCUT2D eigenvalue weighted by atomic mass is 35.5. The molecule has 0 fully saturated rings. The largest absolute Gasteiger partial charge is 0.386 e. The fourth-order valence-electron chi connectivity index (χ4n) is 1.30. The normalized spacial score (nSPS) is 10.2. The van der Waals surface area contributed by atoms with Crippen LogP contribution in [0.15, 0.2) is 58.3 Å². The van der Waals surface area contributed by atoms with E-state index >= 15 is 0 Å². The standard InChI is InChI=1S/C13H8ClO2S/c14-10-3-7-12(8-4-10)17-11-5-1-9(2-6-11)13(15)16/h1-8H. The Kier molecular flexibility index (Phi) is 3.71. The molecule has 1 radical (unpaired) electrons. The summed E-state index contributed by atoms with van der Waals surface area (Å²) >= 11 is 7.33. The first-order valence-electron chi connectivity index (χ1n) is 4.90. The summed E-state index contributed by atoms with van der Waals surface area (Å²) in [5.74, 6) is -1.16. The van der Waals surface area contributed by atoms with Gasteiger partial charge in [-0.15, -0.1) is 0 Å². The van der Waals surface area contributed by atoms with Gasteiger partial charge >= 0.3 is 5.97 Å². The highest BCUT2D eigenvalue weighted by Crippen LogP contribution is 2.28. The first-order valence-corrected chi connectivity index (χ1v) is 6.09. The summed E-state index contributed by atoms with van der Waals surface area (Å²) in [6.45, 7) is 0. The molecule has 0 amide bonds. The Labute approximate surface area is 108 Å². The molecule has 0 N–H and O–H groups in total. The van der Waals surface area contributed by atoms with Gasteiger partial charge in [0, 0.05) is 14.8 Å². The number of benzene rings is 2. The van der Waals surface area contributed by atoms with Crippen molar-refractivity contribution in [2.45, 2.75) is 9.79 Å². The zero-order chi connectivity index (χ0) is 12.3. The highest BCUT2D eigenvalue weighted by Gasteiger charge is 2.04. The van der Waals surface area contributed by atoms with Crippen molar-refractivity contribution in [1.82, 2.24) is 0 Å². The third-order valence-electron chi connectivity index (χ3n) is 2.14. The predicted molar refractivity (Wildman–Crippen MR) is 67.0 cm³/mol. The maximum atomic E-state index is 10.6. The van der Waals surface area contributed by atoms with Gasteiger partial charge in [-0.3, -0.25) is 0 Å². The van der Waals surface area contributed by atoms with Crippen molar-refractivity contribution in [2.75, 3.05) is 0 Å². The van der Waals surface area contributed by atoms with Crippen LogP contribution in [-0.2, 0) is 5.11 Å². The Balaban J connectivity index is 2.13. The van der Waals surface area contributed by atoms with Crippen LogP contribution >= 0.6 is 23.4 Å². The summed E-state index contributed by atoms with van der Waals surface area (Å²) in [6, 6.07) is 14.0. The lowest BCUT2D eigenvalue weighted by atomic mass is 10.2. The van der Waals surface area contributed by atoms with E-state index < -0.39 is 5.97 Å². The van der Waals surface area contributed by atoms with Crippen LogP contribution in [0.25, 0.3) is 0 Å². The van der Waals surface area contributed by atoms with E-state index in [4.69, 9.17) is 11.6 Å². The van der Waals surface area contributed by atoms with E-state index in [0.29, 0.717) is 5.02 Å². The van der Waals surface area contributed by atoms with Gasteiger partial charge < -0.3 is 0 Å². The number of hydrogen-bond donors (Lipinski definition) is 0. The van der Waals surface area contributed by atoms with Crippen molar-refractivity contribution in [3.05, 3.63) is 59.1 Å². The smallest absolute Gasteiger partial charge is 0.242 e. The molecule has 0 bridgehead atoms. The third kappa shape index (κ3) is 3.25. The number of carbonyl (C=O) groups is 1. The molecule has 2 nitrogen and oxygen atoms in total. The molecule has 2 aromatic rings. The molecule has 4 heteroatoms. The van der Waals surface area contributed by atoms with E-state index in [0.717, 1.165) is 9.79 Å². The van der Waals surface area contributed by atoms with Gasteiger partial charge in [0.05, 0.1) is 5.56 Å². The van der Waals surface area contributed by atoms with E-state index in [1.54, 1.807) is 23.9 Å². The molecule has 0 saturated heterocycles. The topological polar surface area (TPSA) is 37.0 Å². The molecule has 0 spiro atoms. The third-order valence-corrected chi connectivity index (χ3v) is 3.41. The van der Waals surface area contributed by atoms with Gasteiger partial charge in [0.1, 0.15) is 0 Å². The Morgan fingerprint density at radius 3 is 1.82 bits per heavy atom. The van der Waals surface area contributed by atoms with E-state index in [1.807, 2.05) is 24.3 Å².